The number of morpholine rings is 1. The number of hydrogen-bond donors (Lipinski definition) is 1. The van der Waals surface area contributed by atoms with Crippen LogP contribution in [0.15, 0.2) is 23.2 Å². The molecule has 1 aliphatic carbocycles. The summed E-state index contributed by atoms with van der Waals surface area (Å²) in [7, 11) is 0. The molecule has 2 aliphatic rings. The van der Waals surface area contributed by atoms with Crippen molar-refractivity contribution in [3.8, 4) is 0 Å². The average molecular weight is 298 g/mol. The molecular formula is C14H17ClFN3O. The molecule has 2 fully saturated rings. The molecule has 2 atom stereocenters. The van der Waals surface area contributed by atoms with Gasteiger partial charge in [-0.15, -0.1) is 0 Å². The Morgan fingerprint density at radius 1 is 1.40 bits per heavy atom. The highest BCUT2D eigenvalue weighted by Gasteiger charge is 2.39. The van der Waals surface area contributed by atoms with E-state index < -0.39 is 0 Å². The third kappa shape index (κ3) is 2.88. The van der Waals surface area contributed by atoms with Gasteiger partial charge in [-0.05, 0) is 24.1 Å². The fraction of sp³-hybridized carbons (Fsp3) is 0.500. The maximum Gasteiger partial charge on any atom is 0.191 e. The van der Waals surface area contributed by atoms with Crippen LogP contribution in [0.4, 0.5) is 4.39 Å². The van der Waals surface area contributed by atoms with Crippen LogP contribution in [0.3, 0.4) is 0 Å². The Morgan fingerprint density at radius 3 is 2.85 bits per heavy atom. The molecule has 0 spiro atoms. The zero-order valence-electron chi connectivity index (χ0n) is 11.1. The third-order valence-electron chi connectivity index (χ3n) is 3.76. The van der Waals surface area contributed by atoms with Gasteiger partial charge in [-0.25, -0.2) is 9.38 Å². The van der Waals surface area contributed by atoms with Crippen LogP contribution in [0.2, 0.25) is 5.02 Å². The molecule has 4 nitrogen and oxygen atoms in total. The summed E-state index contributed by atoms with van der Waals surface area (Å²) in [6.07, 6.45) is 0.909. The summed E-state index contributed by atoms with van der Waals surface area (Å²) in [6.45, 7) is 2.93. The second-order valence-corrected chi connectivity index (χ2v) is 5.58. The van der Waals surface area contributed by atoms with Crippen molar-refractivity contribution in [2.75, 3.05) is 26.3 Å². The lowest BCUT2D eigenvalue weighted by Gasteiger charge is -2.27. The van der Waals surface area contributed by atoms with E-state index in [0.29, 0.717) is 19.2 Å². The normalized spacial score (nSPS) is 26.7. The van der Waals surface area contributed by atoms with Crippen molar-refractivity contribution in [1.82, 2.24) is 4.90 Å². The van der Waals surface area contributed by atoms with Crippen molar-refractivity contribution in [1.29, 1.82) is 0 Å². The van der Waals surface area contributed by atoms with E-state index in [0.717, 1.165) is 25.1 Å². The standard InChI is InChI=1S/C14H17ClFN3O/c15-11-2-1-9(7-12(11)16)10-8-13(10)18-14(17)19-3-5-20-6-4-19/h1-2,7,10,13H,3-6,8H2,(H2,17,18)/t10-,13+/m0/s1. The number of ether oxygens (including phenoxy) is 1. The summed E-state index contributed by atoms with van der Waals surface area (Å²) in [5.74, 6) is 0.441. The van der Waals surface area contributed by atoms with Crippen molar-refractivity contribution >= 4 is 17.6 Å². The predicted octanol–water partition coefficient (Wildman–Crippen LogP) is 1.98. The van der Waals surface area contributed by atoms with Crippen molar-refractivity contribution in [3.63, 3.8) is 0 Å². The maximum atomic E-state index is 13.4. The number of nitrogens with zero attached hydrogens (tertiary/aromatic N) is 2. The van der Waals surface area contributed by atoms with Gasteiger partial charge in [0.1, 0.15) is 5.82 Å². The number of benzene rings is 1. The van der Waals surface area contributed by atoms with Crippen LogP contribution in [-0.2, 0) is 4.74 Å². The van der Waals surface area contributed by atoms with Crippen LogP contribution in [0.25, 0.3) is 0 Å². The second-order valence-electron chi connectivity index (χ2n) is 5.17. The zero-order chi connectivity index (χ0) is 14.1. The number of nitrogens with two attached hydrogens (primary N) is 1. The summed E-state index contributed by atoms with van der Waals surface area (Å²) >= 11 is 5.69. The predicted molar refractivity (Wildman–Crippen MR) is 76.6 cm³/mol. The Balaban J connectivity index is 1.64. The van der Waals surface area contributed by atoms with E-state index in [1.54, 1.807) is 6.07 Å². The Morgan fingerprint density at radius 2 is 2.15 bits per heavy atom. The van der Waals surface area contributed by atoms with Crippen LogP contribution in [-0.4, -0.2) is 43.2 Å². The largest absolute Gasteiger partial charge is 0.378 e. The molecule has 1 heterocycles. The van der Waals surface area contributed by atoms with Gasteiger partial charge in [-0.1, -0.05) is 17.7 Å². The molecule has 0 unspecified atom stereocenters. The summed E-state index contributed by atoms with van der Waals surface area (Å²) in [4.78, 5) is 6.56. The average Bonchev–Trinajstić information content (AvgIpc) is 3.22. The van der Waals surface area contributed by atoms with Crippen molar-refractivity contribution in [3.05, 3.63) is 34.6 Å². The molecule has 0 amide bonds. The van der Waals surface area contributed by atoms with Gasteiger partial charge in [0.25, 0.3) is 0 Å². The Labute approximate surface area is 122 Å². The van der Waals surface area contributed by atoms with Crippen molar-refractivity contribution in [2.24, 2.45) is 10.7 Å². The van der Waals surface area contributed by atoms with E-state index in [2.05, 4.69) is 4.99 Å². The Hall–Kier alpha value is -1.33. The summed E-state index contributed by atoms with van der Waals surface area (Å²) in [5.41, 5.74) is 6.95. The lowest BCUT2D eigenvalue weighted by molar-refractivity contribution is 0.0674. The minimum Gasteiger partial charge on any atom is -0.378 e. The first-order valence-electron chi connectivity index (χ1n) is 6.76. The van der Waals surface area contributed by atoms with Crippen LogP contribution in [0, 0.1) is 5.82 Å². The first-order chi connectivity index (χ1) is 9.65. The van der Waals surface area contributed by atoms with Crippen molar-refractivity contribution < 1.29 is 9.13 Å². The van der Waals surface area contributed by atoms with Crippen LogP contribution in [0.1, 0.15) is 17.9 Å². The van der Waals surface area contributed by atoms with E-state index >= 15 is 0 Å². The summed E-state index contributed by atoms with van der Waals surface area (Å²) in [6, 6.07) is 5.10. The number of aliphatic imine (C=N–C) groups is 1. The van der Waals surface area contributed by atoms with Gasteiger partial charge >= 0.3 is 0 Å². The molecule has 3 rings (SSSR count). The Kier molecular flexibility index (Phi) is 3.81. The highest BCUT2D eigenvalue weighted by molar-refractivity contribution is 6.30. The molecule has 0 bridgehead atoms. The van der Waals surface area contributed by atoms with E-state index in [-0.39, 0.29) is 22.8 Å². The van der Waals surface area contributed by atoms with E-state index in [1.165, 1.54) is 6.07 Å². The highest BCUT2D eigenvalue weighted by atomic mass is 35.5. The van der Waals surface area contributed by atoms with Gasteiger partial charge < -0.3 is 15.4 Å². The molecule has 1 aliphatic heterocycles. The molecule has 0 radical (unpaired) electrons. The fourth-order valence-electron chi connectivity index (χ4n) is 2.47. The summed E-state index contributed by atoms with van der Waals surface area (Å²) in [5, 5.41) is 0.155. The lowest BCUT2D eigenvalue weighted by Crippen LogP contribution is -2.45. The SMILES string of the molecule is NC(=N[C@@H]1C[C@H]1c1ccc(Cl)c(F)c1)N1CCOCC1. The third-order valence-corrected chi connectivity index (χ3v) is 4.07. The number of hydrogen-bond acceptors (Lipinski definition) is 2. The van der Waals surface area contributed by atoms with Gasteiger partial charge in [0.15, 0.2) is 5.96 Å². The van der Waals surface area contributed by atoms with E-state index in [4.69, 9.17) is 22.1 Å². The molecule has 20 heavy (non-hydrogen) atoms. The minimum absolute atomic E-state index is 0.151. The molecular weight excluding hydrogens is 281 g/mol. The maximum absolute atomic E-state index is 13.4. The van der Waals surface area contributed by atoms with Gasteiger partial charge in [0.05, 0.1) is 24.3 Å². The topological polar surface area (TPSA) is 50.8 Å². The smallest absolute Gasteiger partial charge is 0.191 e. The molecule has 1 aromatic carbocycles. The molecule has 0 aromatic heterocycles. The van der Waals surface area contributed by atoms with E-state index in [1.807, 2.05) is 11.0 Å². The van der Waals surface area contributed by atoms with Gasteiger partial charge in [-0.3, -0.25) is 0 Å². The van der Waals surface area contributed by atoms with Crippen LogP contribution >= 0.6 is 11.6 Å². The first kappa shape index (κ1) is 13.6. The zero-order valence-corrected chi connectivity index (χ0v) is 11.8. The van der Waals surface area contributed by atoms with Crippen molar-refractivity contribution in [2.45, 2.75) is 18.4 Å². The Bertz CT molecular complexity index is 531. The second kappa shape index (κ2) is 5.58. The molecule has 1 aromatic rings. The minimum atomic E-state index is -0.375. The van der Waals surface area contributed by atoms with E-state index in [9.17, 15) is 4.39 Å². The highest BCUT2D eigenvalue weighted by Crippen LogP contribution is 2.44. The number of halogens is 2. The number of rotatable bonds is 2. The number of guanidine groups is 1. The van der Waals surface area contributed by atoms with Crippen LogP contribution in [0.5, 0.6) is 0 Å². The molecule has 108 valence electrons. The molecule has 6 heteroatoms. The van der Waals surface area contributed by atoms with Crippen LogP contribution < -0.4 is 5.73 Å². The quantitative estimate of drug-likeness (QED) is 0.671. The fourth-order valence-corrected chi connectivity index (χ4v) is 2.59. The lowest BCUT2D eigenvalue weighted by atomic mass is 10.1. The van der Waals surface area contributed by atoms with Gasteiger partial charge in [0.2, 0.25) is 0 Å². The molecule has 1 saturated carbocycles. The van der Waals surface area contributed by atoms with Gasteiger partial charge in [-0.2, -0.15) is 0 Å². The molecule has 2 N–H and O–H groups in total. The summed E-state index contributed by atoms with van der Waals surface area (Å²) < 4.78 is 18.7. The van der Waals surface area contributed by atoms with Gasteiger partial charge in [0, 0.05) is 19.0 Å². The first-order valence-corrected chi connectivity index (χ1v) is 7.14. The monoisotopic (exact) mass is 297 g/mol. The molecule has 1 saturated heterocycles.